The Kier molecular flexibility index (Phi) is 6.08. The van der Waals surface area contributed by atoms with Crippen molar-refractivity contribution < 1.29 is 22.7 Å². The summed E-state index contributed by atoms with van der Waals surface area (Å²) in [6.45, 7) is 6.38. The number of nitriles is 1. The van der Waals surface area contributed by atoms with Crippen molar-refractivity contribution in [3.05, 3.63) is 16.8 Å². The second-order valence-corrected chi connectivity index (χ2v) is 9.23. The van der Waals surface area contributed by atoms with E-state index in [1.165, 1.54) is 6.07 Å². The van der Waals surface area contributed by atoms with Gasteiger partial charge in [0.05, 0.1) is 11.8 Å². The molecule has 30 heavy (non-hydrogen) atoms. The lowest BCUT2D eigenvalue weighted by Crippen LogP contribution is -2.44. The third-order valence-corrected chi connectivity index (χ3v) is 5.43. The lowest BCUT2D eigenvalue weighted by Gasteiger charge is -2.34. The fraction of sp³-hybridized carbons (Fsp3) is 0.579. The lowest BCUT2D eigenvalue weighted by atomic mass is 10.1. The van der Waals surface area contributed by atoms with E-state index in [1.807, 2.05) is 6.07 Å². The summed E-state index contributed by atoms with van der Waals surface area (Å²) in [5.74, 6) is 0.244. The molecule has 1 aliphatic rings. The number of hydrogen-bond donors (Lipinski definition) is 1. The highest BCUT2D eigenvalue weighted by Gasteiger charge is 2.30. The van der Waals surface area contributed by atoms with Crippen molar-refractivity contribution in [1.82, 2.24) is 14.9 Å². The molecular weight excluding hydrogens is 419 g/mol. The molecule has 162 valence electrons. The van der Waals surface area contributed by atoms with E-state index in [0.29, 0.717) is 42.0 Å². The van der Waals surface area contributed by atoms with E-state index in [9.17, 15) is 23.2 Å². The average Bonchev–Trinajstić information content (AvgIpc) is 3.01. The van der Waals surface area contributed by atoms with E-state index < -0.39 is 18.2 Å². The van der Waals surface area contributed by atoms with Crippen molar-refractivity contribution in [3.63, 3.8) is 0 Å². The summed E-state index contributed by atoms with van der Waals surface area (Å²) in [5.41, 5.74) is -0.570. The zero-order valence-corrected chi connectivity index (χ0v) is 17.7. The number of carbonyl (C=O) groups is 1. The van der Waals surface area contributed by atoms with Crippen molar-refractivity contribution in [2.75, 3.05) is 18.4 Å². The number of carbonyl (C=O) groups excluding carboxylic acids is 1. The predicted molar refractivity (Wildman–Crippen MR) is 106 cm³/mol. The summed E-state index contributed by atoms with van der Waals surface area (Å²) in [6.07, 6.45) is -4.51. The normalized spacial score (nSPS) is 15.8. The minimum Gasteiger partial charge on any atom is -0.444 e. The van der Waals surface area contributed by atoms with Gasteiger partial charge in [0.2, 0.25) is 5.82 Å². The molecule has 0 aliphatic carbocycles. The van der Waals surface area contributed by atoms with Gasteiger partial charge in [-0.2, -0.15) is 18.4 Å². The first kappa shape index (κ1) is 22.1. The summed E-state index contributed by atoms with van der Waals surface area (Å²) >= 11 is 0.908. The monoisotopic (exact) mass is 441 g/mol. The van der Waals surface area contributed by atoms with Crippen LogP contribution in [0.15, 0.2) is 6.07 Å². The fourth-order valence-electron chi connectivity index (χ4n) is 3.14. The van der Waals surface area contributed by atoms with E-state index in [1.54, 1.807) is 25.7 Å². The van der Waals surface area contributed by atoms with Gasteiger partial charge in [0, 0.05) is 24.0 Å². The Morgan fingerprint density at radius 3 is 2.57 bits per heavy atom. The maximum Gasteiger partial charge on any atom is 0.410 e. The highest BCUT2D eigenvalue weighted by atomic mass is 32.1. The molecule has 7 nitrogen and oxygen atoms in total. The molecule has 11 heteroatoms. The van der Waals surface area contributed by atoms with Gasteiger partial charge in [-0.15, -0.1) is 11.3 Å². The molecule has 1 aliphatic heterocycles. The Morgan fingerprint density at radius 2 is 2.00 bits per heavy atom. The van der Waals surface area contributed by atoms with Crippen LogP contribution in [0.5, 0.6) is 0 Å². The first-order chi connectivity index (χ1) is 13.9. The highest BCUT2D eigenvalue weighted by molar-refractivity contribution is 7.18. The number of thiophene rings is 1. The van der Waals surface area contributed by atoms with E-state index in [4.69, 9.17) is 4.74 Å². The fourth-order valence-corrected chi connectivity index (χ4v) is 4.20. The van der Waals surface area contributed by atoms with Crippen molar-refractivity contribution in [2.45, 2.75) is 57.9 Å². The number of fused-ring (bicyclic) bond motifs is 1. The molecule has 0 spiro atoms. The van der Waals surface area contributed by atoms with Gasteiger partial charge < -0.3 is 15.0 Å². The Labute approximate surface area is 175 Å². The number of likely N-dealkylation sites (tertiary alicyclic amines) is 1. The Hall–Kier alpha value is -2.61. The van der Waals surface area contributed by atoms with Gasteiger partial charge in [-0.1, -0.05) is 0 Å². The summed E-state index contributed by atoms with van der Waals surface area (Å²) in [6, 6.07) is 3.23. The Bertz CT molecular complexity index is 969. The number of rotatable bonds is 3. The first-order valence-electron chi connectivity index (χ1n) is 9.45. The minimum atomic E-state index is -4.32. The van der Waals surface area contributed by atoms with Crippen LogP contribution in [0, 0.1) is 11.3 Å². The molecule has 1 saturated heterocycles. The number of nitrogens with one attached hydrogen (secondary N) is 1. The van der Waals surface area contributed by atoms with Gasteiger partial charge in [0.25, 0.3) is 0 Å². The van der Waals surface area contributed by atoms with Crippen molar-refractivity contribution in [3.8, 4) is 6.07 Å². The van der Waals surface area contributed by atoms with Crippen LogP contribution < -0.4 is 5.32 Å². The van der Waals surface area contributed by atoms with Crippen LogP contribution in [0.1, 0.15) is 44.3 Å². The molecule has 2 aromatic heterocycles. The molecule has 3 rings (SSSR count). The quantitative estimate of drug-likeness (QED) is 0.755. The van der Waals surface area contributed by atoms with Crippen molar-refractivity contribution >= 4 is 33.5 Å². The topological polar surface area (TPSA) is 91.1 Å². The Morgan fingerprint density at radius 1 is 1.33 bits per heavy atom. The minimum absolute atomic E-state index is 0.0423. The molecule has 1 N–H and O–H groups in total. The molecule has 0 bridgehead atoms. The molecule has 0 saturated carbocycles. The number of ether oxygens (including phenoxy) is 1. The van der Waals surface area contributed by atoms with Gasteiger partial charge in [-0.25, -0.2) is 14.8 Å². The molecule has 1 amide bonds. The lowest BCUT2D eigenvalue weighted by molar-refractivity contribution is -0.126. The molecule has 1 fully saturated rings. The van der Waals surface area contributed by atoms with Crippen molar-refractivity contribution in [1.29, 1.82) is 5.26 Å². The van der Waals surface area contributed by atoms with E-state index >= 15 is 0 Å². The Balaban J connectivity index is 1.73. The maximum atomic E-state index is 12.8. The van der Waals surface area contributed by atoms with Gasteiger partial charge in [0.1, 0.15) is 22.3 Å². The van der Waals surface area contributed by atoms with Gasteiger partial charge in [-0.05, 0) is 39.7 Å². The molecule has 0 aromatic carbocycles. The predicted octanol–water partition coefficient (Wildman–Crippen LogP) is 4.48. The number of alkyl halides is 3. The standard InChI is InChI=1S/C19H22F3N5O2S/c1-18(2,3)29-17(28)27-6-4-11(5-7-27)24-15-13-8-12(9-19(20,21)22)30-16(13)26-14(10-23)25-15/h8,11H,4-7,9H2,1-3H3,(H,24,25,26). The second kappa shape index (κ2) is 8.26. The number of piperidine rings is 1. The van der Waals surface area contributed by atoms with Crippen LogP contribution in [-0.4, -0.2) is 51.9 Å². The second-order valence-electron chi connectivity index (χ2n) is 8.12. The first-order valence-corrected chi connectivity index (χ1v) is 10.3. The highest BCUT2D eigenvalue weighted by Crippen LogP contribution is 2.33. The molecule has 0 unspecified atom stereocenters. The molecule has 2 aromatic rings. The number of hydrogen-bond acceptors (Lipinski definition) is 7. The smallest absolute Gasteiger partial charge is 0.410 e. The number of amides is 1. The van der Waals surface area contributed by atoms with Crippen LogP contribution >= 0.6 is 11.3 Å². The zero-order valence-electron chi connectivity index (χ0n) is 16.8. The number of aromatic nitrogens is 2. The summed E-state index contributed by atoms with van der Waals surface area (Å²) in [7, 11) is 0. The van der Waals surface area contributed by atoms with Crippen LogP contribution in [0.2, 0.25) is 0 Å². The summed E-state index contributed by atoms with van der Waals surface area (Å²) < 4.78 is 43.6. The third kappa shape index (κ3) is 5.72. The largest absolute Gasteiger partial charge is 0.444 e. The zero-order chi connectivity index (χ0) is 22.1. The SMILES string of the molecule is CC(C)(C)OC(=O)N1CCC(Nc2nc(C#N)nc3sc(CC(F)(F)F)cc23)CC1. The van der Waals surface area contributed by atoms with E-state index in [2.05, 4.69) is 15.3 Å². The maximum absolute atomic E-state index is 12.8. The molecular formula is C19H22F3N5O2S. The number of halogens is 3. The van der Waals surface area contributed by atoms with E-state index in [0.717, 1.165) is 11.3 Å². The molecule has 0 radical (unpaired) electrons. The van der Waals surface area contributed by atoms with Crippen LogP contribution in [0.3, 0.4) is 0 Å². The van der Waals surface area contributed by atoms with Crippen LogP contribution in [0.25, 0.3) is 10.2 Å². The molecule has 3 heterocycles. The van der Waals surface area contributed by atoms with Crippen LogP contribution in [-0.2, 0) is 11.2 Å². The average molecular weight is 441 g/mol. The van der Waals surface area contributed by atoms with E-state index in [-0.39, 0.29) is 22.8 Å². The van der Waals surface area contributed by atoms with Gasteiger partial charge in [-0.3, -0.25) is 0 Å². The number of anilines is 1. The van der Waals surface area contributed by atoms with Crippen LogP contribution in [0.4, 0.5) is 23.8 Å². The molecule has 0 atom stereocenters. The third-order valence-electron chi connectivity index (χ3n) is 4.41. The summed E-state index contributed by atoms with van der Waals surface area (Å²) in [5, 5.41) is 12.9. The van der Waals surface area contributed by atoms with Gasteiger partial charge >= 0.3 is 12.3 Å². The van der Waals surface area contributed by atoms with Crippen molar-refractivity contribution in [2.24, 2.45) is 0 Å². The van der Waals surface area contributed by atoms with Gasteiger partial charge in [0.15, 0.2) is 0 Å². The summed E-state index contributed by atoms with van der Waals surface area (Å²) in [4.78, 5) is 22.5. The number of nitrogens with zero attached hydrogens (tertiary/aromatic N) is 4.